The smallest absolute Gasteiger partial charge is 0.324 e. The van der Waals surface area contributed by atoms with E-state index in [-0.39, 0.29) is 17.5 Å². The van der Waals surface area contributed by atoms with Crippen molar-refractivity contribution in [1.82, 2.24) is 10.1 Å². The second kappa shape index (κ2) is 8.52. The van der Waals surface area contributed by atoms with Crippen LogP contribution in [0.25, 0.3) is 11.4 Å². The summed E-state index contributed by atoms with van der Waals surface area (Å²) in [4.78, 5) is 20.8. The molecule has 0 bridgehead atoms. The van der Waals surface area contributed by atoms with Gasteiger partial charge >= 0.3 is 6.01 Å². The number of halogens is 1. The van der Waals surface area contributed by atoms with Crippen LogP contribution >= 0.6 is 0 Å². The number of hydrogen-bond acceptors (Lipinski definition) is 6. The van der Waals surface area contributed by atoms with Gasteiger partial charge in [0.15, 0.2) is 0 Å². The summed E-state index contributed by atoms with van der Waals surface area (Å²) in [6, 6.07) is 14.0. The fraction of sp³-hybridized carbons (Fsp3) is 0.318. The standard InChI is InChI=1S/C22H23FN4O3/c1-26(19-8-4-3-7-18(19)23)21(28)16-6-5-13-27(14-16)22-24-20(25-30-22)15-9-11-17(29-2)12-10-15/h3-4,7-12,16H,5-6,13-14H2,1-2H3/t16-/m1/s1. The van der Waals surface area contributed by atoms with Gasteiger partial charge in [-0.1, -0.05) is 17.3 Å². The van der Waals surface area contributed by atoms with Crippen LogP contribution in [0.15, 0.2) is 53.1 Å². The van der Waals surface area contributed by atoms with Crippen molar-refractivity contribution >= 4 is 17.6 Å². The summed E-state index contributed by atoms with van der Waals surface area (Å²) in [5, 5.41) is 4.07. The van der Waals surface area contributed by atoms with Crippen LogP contribution in [0.3, 0.4) is 0 Å². The molecule has 1 saturated heterocycles. The molecule has 4 rings (SSSR count). The Labute approximate surface area is 174 Å². The zero-order chi connectivity index (χ0) is 21.1. The van der Waals surface area contributed by atoms with Crippen LogP contribution in [0.1, 0.15) is 12.8 Å². The molecular formula is C22H23FN4O3. The average Bonchev–Trinajstić information content (AvgIpc) is 3.29. The number of rotatable bonds is 5. The number of para-hydroxylation sites is 1. The zero-order valence-electron chi connectivity index (χ0n) is 16.9. The number of piperidine rings is 1. The van der Waals surface area contributed by atoms with Crippen LogP contribution in [0.2, 0.25) is 0 Å². The Hall–Kier alpha value is -3.42. The van der Waals surface area contributed by atoms with E-state index in [1.54, 1.807) is 32.4 Å². The van der Waals surface area contributed by atoms with Crippen molar-refractivity contribution in [1.29, 1.82) is 0 Å². The number of anilines is 2. The van der Waals surface area contributed by atoms with Crippen molar-refractivity contribution in [2.24, 2.45) is 5.92 Å². The molecule has 1 fully saturated rings. The van der Waals surface area contributed by atoms with E-state index in [9.17, 15) is 9.18 Å². The lowest BCUT2D eigenvalue weighted by molar-refractivity contribution is -0.122. The van der Waals surface area contributed by atoms with Crippen molar-refractivity contribution in [3.63, 3.8) is 0 Å². The fourth-order valence-corrected chi connectivity index (χ4v) is 3.67. The van der Waals surface area contributed by atoms with Crippen LogP contribution < -0.4 is 14.5 Å². The third-order valence-corrected chi connectivity index (χ3v) is 5.35. The summed E-state index contributed by atoms with van der Waals surface area (Å²) in [5.74, 6) is 0.407. The van der Waals surface area contributed by atoms with Crippen LogP contribution in [0, 0.1) is 11.7 Å². The van der Waals surface area contributed by atoms with Crippen molar-refractivity contribution in [3.05, 3.63) is 54.3 Å². The number of carbonyl (C=O) groups excluding carboxylic acids is 1. The van der Waals surface area contributed by atoms with Gasteiger partial charge in [-0.15, -0.1) is 0 Å². The zero-order valence-corrected chi connectivity index (χ0v) is 16.9. The summed E-state index contributed by atoms with van der Waals surface area (Å²) in [6.07, 6.45) is 1.54. The molecule has 0 spiro atoms. The maximum Gasteiger partial charge on any atom is 0.324 e. The highest BCUT2D eigenvalue weighted by atomic mass is 19.1. The monoisotopic (exact) mass is 410 g/mol. The topological polar surface area (TPSA) is 71.7 Å². The SMILES string of the molecule is COc1ccc(-c2noc(N3CCC[C@@H](C(=O)N(C)c4ccccc4F)C3)n2)cc1. The Morgan fingerprint density at radius 2 is 2.00 bits per heavy atom. The van der Waals surface area contributed by atoms with Crippen LogP contribution in [0.4, 0.5) is 16.1 Å². The highest BCUT2D eigenvalue weighted by Gasteiger charge is 2.31. The molecule has 3 aromatic rings. The highest BCUT2D eigenvalue weighted by Crippen LogP contribution is 2.28. The highest BCUT2D eigenvalue weighted by molar-refractivity contribution is 5.95. The summed E-state index contributed by atoms with van der Waals surface area (Å²) < 4.78 is 24.7. The van der Waals surface area contributed by atoms with Crippen molar-refractivity contribution in [2.45, 2.75) is 12.8 Å². The normalized spacial score (nSPS) is 16.4. The molecule has 0 radical (unpaired) electrons. The van der Waals surface area contributed by atoms with E-state index in [4.69, 9.17) is 9.26 Å². The predicted octanol–water partition coefficient (Wildman–Crippen LogP) is 3.76. The van der Waals surface area contributed by atoms with E-state index in [2.05, 4.69) is 10.1 Å². The predicted molar refractivity (Wildman–Crippen MR) is 111 cm³/mol. The minimum absolute atomic E-state index is 0.125. The number of ether oxygens (including phenoxy) is 1. The lowest BCUT2D eigenvalue weighted by atomic mass is 9.96. The lowest BCUT2D eigenvalue weighted by Gasteiger charge is -2.32. The molecule has 0 saturated carbocycles. The number of hydrogen-bond donors (Lipinski definition) is 0. The molecule has 30 heavy (non-hydrogen) atoms. The lowest BCUT2D eigenvalue weighted by Crippen LogP contribution is -2.44. The maximum atomic E-state index is 14.1. The molecule has 2 aromatic carbocycles. The van der Waals surface area contributed by atoms with Gasteiger partial charge in [-0.05, 0) is 49.2 Å². The molecule has 156 valence electrons. The first-order chi connectivity index (χ1) is 14.6. The Morgan fingerprint density at radius 3 is 2.73 bits per heavy atom. The first kappa shape index (κ1) is 19.9. The summed E-state index contributed by atoms with van der Waals surface area (Å²) in [6.45, 7) is 1.17. The molecule has 0 aliphatic carbocycles. The van der Waals surface area contributed by atoms with Crippen molar-refractivity contribution in [3.8, 4) is 17.1 Å². The van der Waals surface area contributed by atoms with E-state index in [1.807, 2.05) is 29.2 Å². The van der Waals surface area contributed by atoms with Gasteiger partial charge in [0, 0.05) is 25.7 Å². The first-order valence-corrected chi connectivity index (χ1v) is 9.82. The van der Waals surface area contributed by atoms with Crippen LogP contribution in [-0.2, 0) is 4.79 Å². The fourth-order valence-electron chi connectivity index (χ4n) is 3.67. The van der Waals surface area contributed by atoms with Gasteiger partial charge in [-0.3, -0.25) is 4.79 Å². The van der Waals surface area contributed by atoms with Crippen LogP contribution in [-0.4, -0.2) is 43.3 Å². The van der Waals surface area contributed by atoms with Gasteiger partial charge in [-0.2, -0.15) is 4.98 Å². The van der Waals surface area contributed by atoms with E-state index >= 15 is 0 Å². The molecular weight excluding hydrogens is 387 g/mol. The average molecular weight is 410 g/mol. The third-order valence-electron chi connectivity index (χ3n) is 5.35. The largest absolute Gasteiger partial charge is 0.497 e. The van der Waals surface area contributed by atoms with E-state index in [0.29, 0.717) is 18.4 Å². The number of amides is 1. The molecule has 1 aliphatic heterocycles. The van der Waals surface area contributed by atoms with Crippen molar-refractivity contribution < 1.29 is 18.4 Å². The van der Waals surface area contributed by atoms with E-state index in [1.165, 1.54) is 11.0 Å². The molecule has 1 aromatic heterocycles. The minimum atomic E-state index is -0.415. The molecule has 7 nitrogen and oxygen atoms in total. The molecule has 0 N–H and O–H groups in total. The van der Waals surface area contributed by atoms with Crippen molar-refractivity contribution in [2.75, 3.05) is 37.0 Å². The second-order valence-corrected chi connectivity index (χ2v) is 7.26. The first-order valence-electron chi connectivity index (χ1n) is 9.82. The maximum absolute atomic E-state index is 14.1. The molecule has 1 atom stereocenters. The summed E-state index contributed by atoms with van der Waals surface area (Å²) in [5.41, 5.74) is 1.09. The Bertz CT molecular complexity index is 1020. The Balaban J connectivity index is 1.47. The number of methoxy groups -OCH3 is 1. The van der Waals surface area contributed by atoms with Gasteiger partial charge in [0.05, 0.1) is 18.7 Å². The quantitative estimate of drug-likeness (QED) is 0.638. The molecule has 8 heteroatoms. The number of aromatic nitrogens is 2. The van der Waals surface area contributed by atoms with E-state index in [0.717, 1.165) is 30.7 Å². The number of benzene rings is 2. The van der Waals surface area contributed by atoms with Gasteiger partial charge < -0.3 is 19.1 Å². The van der Waals surface area contributed by atoms with E-state index < -0.39 is 5.82 Å². The second-order valence-electron chi connectivity index (χ2n) is 7.26. The summed E-state index contributed by atoms with van der Waals surface area (Å²) >= 11 is 0. The molecule has 1 amide bonds. The van der Waals surface area contributed by atoms with Crippen LogP contribution in [0.5, 0.6) is 5.75 Å². The number of nitrogens with zero attached hydrogens (tertiary/aromatic N) is 4. The minimum Gasteiger partial charge on any atom is -0.497 e. The molecule has 2 heterocycles. The summed E-state index contributed by atoms with van der Waals surface area (Å²) in [7, 11) is 3.22. The Kier molecular flexibility index (Phi) is 5.65. The third kappa shape index (κ3) is 3.98. The van der Waals surface area contributed by atoms with Gasteiger partial charge in [0.1, 0.15) is 11.6 Å². The molecule has 1 aliphatic rings. The van der Waals surface area contributed by atoms with Gasteiger partial charge in [0.2, 0.25) is 11.7 Å². The number of carbonyl (C=O) groups is 1. The molecule has 0 unspecified atom stereocenters. The van der Waals surface area contributed by atoms with Gasteiger partial charge in [-0.25, -0.2) is 4.39 Å². The van der Waals surface area contributed by atoms with Gasteiger partial charge in [0.25, 0.3) is 0 Å². The Morgan fingerprint density at radius 1 is 1.23 bits per heavy atom.